The summed E-state index contributed by atoms with van der Waals surface area (Å²) in [6.07, 6.45) is 2.73. The second-order valence-electron chi connectivity index (χ2n) is 11.5. The summed E-state index contributed by atoms with van der Waals surface area (Å²) < 4.78 is 5.46. The number of ether oxygens (including phenoxy) is 1. The number of benzene rings is 2. The predicted octanol–water partition coefficient (Wildman–Crippen LogP) is 8.16. The number of pyridine rings is 1. The number of fused-ring (bicyclic) bond motifs is 2. The van der Waals surface area contributed by atoms with Crippen molar-refractivity contribution in [1.82, 2.24) is 4.98 Å². The highest BCUT2D eigenvalue weighted by Crippen LogP contribution is 2.45. The van der Waals surface area contributed by atoms with Gasteiger partial charge < -0.3 is 10.1 Å². The number of hydrogen-bond acceptors (Lipinski definition) is 5. The van der Waals surface area contributed by atoms with Gasteiger partial charge in [-0.1, -0.05) is 68.8 Å². The van der Waals surface area contributed by atoms with Crippen molar-refractivity contribution in [2.45, 2.75) is 60.8 Å². The Bertz CT molecular complexity index is 1560. The van der Waals surface area contributed by atoms with Gasteiger partial charge in [0.25, 0.3) is 5.91 Å². The van der Waals surface area contributed by atoms with Gasteiger partial charge in [0, 0.05) is 15.8 Å². The van der Waals surface area contributed by atoms with E-state index in [1.807, 2.05) is 50.2 Å². The van der Waals surface area contributed by atoms with Crippen molar-refractivity contribution >= 4 is 39.1 Å². The highest BCUT2D eigenvalue weighted by Gasteiger charge is 2.35. The molecule has 0 aliphatic heterocycles. The summed E-state index contributed by atoms with van der Waals surface area (Å²) in [6, 6.07) is 15.9. The van der Waals surface area contributed by atoms with Gasteiger partial charge in [0.1, 0.15) is 5.00 Å². The second-order valence-corrected chi connectivity index (χ2v) is 12.6. The van der Waals surface area contributed by atoms with Crippen LogP contribution < -0.4 is 5.32 Å². The molecule has 0 saturated heterocycles. The summed E-state index contributed by atoms with van der Waals surface area (Å²) in [4.78, 5) is 33.3. The van der Waals surface area contributed by atoms with Gasteiger partial charge in [-0.3, -0.25) is 4.79 Å². The maximum Gasteiger partial charge on any atom is 0.341 e. The van der Waals surface area contributed by atoms with Gasteiger partial charge in [-0.25, -0.2) is 9.78 Å². The second kappa shape index (κ2) is 10.6. The van der Waals surface area contributed by atoms with E-state index in [1.165, 1.54) is 16.2 Å². The molecule has 39 heavy (non-hydrogen) atoms. The van der Waals surface area contributed by atoms with Crippen LogP contribution in [0.25, 0.3) is 22.2 Å². The van der Waals surface area contributed by atoms with E-state index in [0.29, 0.717) is 22.0 Å². The molecule has 1 atom stereocenters. The Balaban J connectivity index is 1.60. The molecule has 5 rings (SSSR count). The highest BCUT2D eigenvalue weighted by atomic mass is 32.1. The average molecular weight is 541 g/mol. The summed E-state index contributed by atoms with van der Waals surface area (Å²) in [6.45, 7) is 12.9. The Morgan fingerprint density at radius 1 is 1.05 bits per heavy atom. The van der Waals surface area contributed by atoms with Crippen LogP contribution in [0.3, 0.4) is 0 Å². The molecule has 1 unspecified atom stereocenters. The van der Waals surface area contributed by atoms with Gasteiger partial charge in [-0.15, -0.1) is 11.3 Å². The number of esters is 1. The van der Waals surface area contributed by atoms with Gasteiger partial charge in [-0.05, 0) is 68.6 Å². The van der Waals surface area contributed by atoms with Crippen LogP contribution >= 0.6 is 11.3 Å². The van der Waals surface area contributed by atoms with E-state index >= 15 is 0 Å². The van der Waals surface area contributed by atoms with Crippen molar-refractivity contribution in [3.8, 4) is 11.3 Å². The van der Waals surface area contributed by atoms with Crippen molar-refractivity contribution in [3.05, 3.63) is 81.2 Å². The first kappa shape index (κ1) is 27.1. The Morgan fingerprint density at radius 2 is 1.77 bits per heavy atom. The average Bonchev–Trinajstić information content (AvgIpc) is 3.25. The lowest BCUT2D eigenvalue weighted by Crippen LogP contribution is -2.26. The van der Waals surface area contributed by atoms with E-state index < -0.39 is 0 Å². The standard InChI is InChI=1S/C33H36N2O3S/c1-7-38-32(37)28-24-17-16-22(33(4,5)6)18-26(24)39-31(28)35-30(36)27-20(3)29(21-14-12-19(2)13-15-21)34-25-11-9-8-10-23(25)27/h8-15,22H,7,16-18H2,1-6H3,(H,35,36). The third-order valence-electron chi connectivity index (χ3n) is 7.88. The summed E-state index contributed by atoms with van der Waals surface area (Å²) in [5.41, 5.74) is 6.78. The van der Waals surface area contributed by atoms with Crippen LogP contribution in [-0.2, 0) is 17.6 Å². The summed E-state index contributed by atoms with van der Waals surface area (Å²) in [5, 5.41) is 4.51. The smallest absolute Gasteiger partial charge is 0.341 e. The Kier molecular flexibility index (Phi) is 7.34. The van der Waals surface area contributed by atoms with Crippen LogP contribution in [0, 0.1) is 25.2 Å². The lowest BCUT2D eigenvalue weighted by atomic mass is 9.72. The van der Waals surface area contributed by atoms with Crippen LogP contribution in [0.1, 0.15) is 76.4 Å². The third kappa shape index (κ3) is 5.22. The molecule has 0 radical (unpaired) electrons. The predicted molar refractivity (Wildman–Crippen MR) is 160 cm³/mol. The van der Waals surface area contributed by atoms with Gasteiger partial charge in [0.15, 0.2) is 0 Å². The number of rotatable bonds is 5. The minimum Gasteiger partial charge on any atom is -0.462 e. The molecule has 0 bridgehead atoms. The molecule has 4 aromatic rings. The number of nitrogens with zero attached hydrogens (tertiary/aromatic N) is 1. The van der Waals surface area contributed by atoms with Crippen molar-refractivity contribution < 1.29 is 14.3 Å². The van der Waals surface area contributed by atoms with E-state index in [9.17, 15) is 9.59 Å². The van der Waals surface area contributed by atoms with Crippen molar-refractivity contribution in [3.63, 3.8) is 0 Å². The molecule has 0 fully saturated rings. The van der Waals surface area contributed by atoms with Crippen LogP contribution in [0.15, 0.2) is 48.5 Å². The molecule has 2 aromatic heterocycles. The Labute approximate surface area is 234 Å². The maximum absolute atomic E-state index is 14.1. The molecule has 2 heterocycles. The molecular formula is C33H36N2O3S. The SMILES string of the molecule is CCOC(=O)c1c(NC(=O)c2c(C)c(-c3ccc(C)cc3)nc3ccccc23)sc2c1CCC(C(C)(C)C)C2. The Morgan fingerprint density at radius 3 is 2.46 bits per heavy atom. The number of aryl methyl sites for hydroxylation is 1. The van der Waals surface area contributed by atoms with E-state index in [0.717, 1.165) is 58.1 Å². The monoisotopic (exact) mass is 540 g/mol. The number of anilines is 1. The zero-order chi connectivity index (χ0) is 27.9. The number of nitrogens with one attached hydrogen (secondary N) is 1. The highest BCUT2D eigenvalue weighted by molar-refractivity contribution is 7.17. The van der Waals surface area contributed by atoms with Gasteiger partial charge >= 0.3 is 5.97 Å². The normalized spacial score (nSPS) is 15.2. The fraction of sp³-hybridized carbons (Fsp3) is 0.364. The van der Waals surface area contributed by atoms with E-state index in [4.69, 9.17) is 9.72 Å². The van der Waals surface area contributed by atoms with Crippen molar-refractivity contribution in [1.29, 1.82) is 0 Å². The number of thiophene rings is 1. The third-order valence-corrected chi connectivity index (χ3v) is 9.05. The molecule has 1 amide bonds. The molecule has 1 aliphatic rings. The van der Waals surface area contributed by atoms with Crippen molar-refractivity contribution in [2.24, 2.45) is 11.3 Å². The molecule has 1 aliphatic carbocycles. The van der Waals surface area contributed by atoms with Gasteiger partial charge in [0.05, 0.1) is 28.9 Å². The largest absolute Gasteiger partial charge is 0.462 e. The van der Waals surface area contributed by atoms with Crippen LogP contribution in [0.5, 0.6) is 0 Å². The molecule has 1 N–H and O–H groups in total. The van der Waals surface area contributed by atoms with Gasteiger partial charge in [-0.2, -0.15) is 0 Å². The molecule has 2 aromatic carbocycles. The zero-order valence-electron chi connectivity index (χ0n) is 23.6. The number of carbonyl (C=O) groups is 2. The number of hydrogen-bond donors (Lipinski definition) is 1. The first-order valence-corrected chi connectivity index (χ1v) is 14.5. The minimum absolute atomic E-state index is 0.175. The number of aromatic nitrogens is 1. The number of amides is 1. The van der Waals surface area contributed by atoms with Crippen LogP contribution in [0.2, 0.25) is 0 Å². The van der Waals surface area contributed by atoms with E-state index in [-0.39, 0.29) is 23.9 Å². The lowest BCUT2D eigenvalue weighted by molar-refractivity contribution is 0.0526. The molecule has 202 valence electrons. The quantitative estimate of drug-likeness (QED) is 0.259. The topological polar surface area (TPSA) is 68.3 Å². The maximum atomic E-state index is 14.1. The Hall–Kier alpha value is -3.51. The fourth-order valence-electron chi connectivity index (χ4n) is 5.59. The zero-order valence-corrected chi connectivity index (χ0v) is 24.4. The minimum atomic E-state index is -0.365. The summed E-state index contributed by atoms with van der Waals surface area (Å²) in [7, 11) is 0. The summed E-state index contributed by atoms with van der Waals surface area (Å²) in [5.74, 6) is -0.0853. The van der Waals surface area contributed by atoms with Crippen molar-refractivity contribution in [2.75, 3.05) is 11.9 Å². The molecular weight excluding hydrogens is 504 g/mol. The summed E-state index contributed by atoms with van der Waals surface area (Å²) >= 11 is 1.52. The van der Waals surface area contributed by atoms with Gasteiger partial charge in [0.2, 0.25) is 0 Å². The lowest BCUT2D eigenvalue weighted by Gasteiger charge is -2.33. The molecule has 0 saturated carbocycles. The first-order chi connectivity index (χ1) is 18.6. The van der Waals surface area contributed by atoms with Crippen LogP contribution in [-0.4, -0.2) is 23.5 Å². The first-order valence-electron chi connectivity index (χ1n) is 13.7. The fourth-order valence-corrected chi connectivity index (χ4v) is 6.90. The van der Waals surface area contributed by atoms with E-state index in [1.54, 1.807) is 0 Å². The number of para-hydroxylation sites is 1. The van der Waals surface area contributed by atoms with E-state index in [2.05, 4.69) is 45.1 Å². The molecule has 0 spiro atoms. The number of carbonyl (C=O) groups excluding carboxylic acids is 2. The molecule has 5 nitrogen and oxygen atoms in total. The van der Waals surface area contributed by atoms with Crippen LogP contribution in [0.4, 0.5) is 5.00 Å². The molecule has 6 heteroatoms.